The minimum absolute atomic E-state index is 0.110. The summed E-state index contributed by atoms with van der Waals surface area (Å²) in [5, 5.41) is 3.93. The van der Waals surface area contributed by atoms with E-state index in [2.05, 4.69) is 10.1 Å². The molecule has 144 valence electrons. The van der Waals surface area contributed by atoms with Gasteiger partial charge in [-0.25, -0.2) is 9.78 Å². The molecule has 0 saturated heterocycles. The molecule has 0 aliphatic heterocycles. The fourth-order valence-corrected chi connectivity index (χ4v) is 3.41. The van der Waals surface area contributed by atoms with Crippen LogP contribution in [0.4, 0.5) is 0 Å². The van der Waals surface area contributed by atoms with E-state index in [0.717, 1.165) is 11.1 Å². The van der Waals surface area contributed by atoms with E-state index in [0.29, 0.717) is 35.7 Å². The molecule has 0 radical (unpaired) electrons. The monoisotopic (exact) mass is 379 g/mol. The average Bonchev–Trinajstić information content (AvgIpc) is 3.27. The largest absolute Gasteiger partial charge is 0.361 e. The van der Waals surface area contributed by atoms with Gasteiger partial charge in [-0.15, -0.1) is 0 Å². The van der Waals surface area contributed by atoms with E-state index in [4.69, 9.17) is 4.52 Å². The number of rotatable bonds is 5. The Labute approximate surface area is 160 Å². The van der Waals surface area contributed by atoms with Crippen molar-refractivity contribution in [1.82, 2.24) is 23.8 Å². The first kappa shape index (κ1) is 18.0. The molecule has 0 aliphatic rings. The zero-order chi connectivity index (χ0) is 19.8. The van der Waals surface area contributed by atoms with Crippen LogP contribution in [0.25, 0.3) is 11.2 Å². The van der Waals surface area contributed by atoms with E-state index in [1.165, 1.54) is 4.57 Å². The molecule has 3 heterocycles. The summed E-state index contributed by atoms with van der Waals surface area (Å²) in [6.07, 6.45) is 1.60. The van der Waals surface area contributed by atoms with Gasteiger partial charge >= 0.3 is 5.69 Å². The van der Waals surface area contributed by atoms with Gasteiger partial charge in [0, 0.05) is 12.1 Å². The Morgan fingerprint density at radius 1 is 1.04 bits per heavy atom. The Bertz CT molecular complexity index is 1240. The summed E-state index contributed by atoms with van der Waals surface area (Å²) >= 11 is 0. The van der Waals surface area contributed by atoms with Gasteiger partial charge < -0.3 is 9.09 Å². The molecule has 0 bridgehead atoms. The molecule has 0 aliphatic carbocycles. The Balaban J connectivity index is 1.97. The van der Waals surface area contributed by atoms with Crippen LogP contribution in [0.3, 0.4) is 0 Å². The molecule has 0 N–H and O–H groups in total. The van der Waals surface area contributed by atoms with Crippen molar-refractivity contribution in [2.45, 2.75) is 40.4 Å². The van der Waals surface area contributed by atoms with E-state index >= 15 is 0 Å². The van der Waals surface area contributed by atoms with Crippen LogP contribution in [0, 0.1) is 13.8 Å². The molecule has 0 saturated carbocycles. The number of nitrogens with zero attached hydrogens (tertiary/aromatic N) is 5. The quantitative estimate of drug-likeness (QED) is 0.530. The highest BCUT2D eigenvalue weighted by molar-refractivity contribution is 5.70. The topological polar surface area (TPSA) is 87.8 Å². The molecular weight excluding hydrogens is 358 g/mol. The summed E-state index contributed by atoms with van der Waals surface area (Å²) in [5.41, 5.74) is 2.43. The van der Waals surface area contributed by atoms with E-state index < -0.39 is 5.69 Å². The van der Waals surface area contributed by atoms with Crippen molar-refractivity contribution in [3.8, 4) is 0 Å². The molecule has 3 aromatic heterocycles. The van der Waals surface area contributed by atoms with Crippen molar-refractivity contribution in [2.24, 2.45) is 0 Å². The van der Waals surface area contributed by atoms with Gasteiger partial charge in [-0.05, 0) is 26.3 Å². The van der Waals surface area contributed by atoms with E-state index in [-0.39, 0.29) is 12.1 Å². The van der Waals surface area contributed by atoms with Crippen LogP contribution < -0.4 is 11.2 Å². The summed E-state index contributed by atoms with van der Waals surface area (Å²) < 4.78 is 9.76. The molecule has 8 nitrogen and oxygen atoms in total. The Hall–Kier alpha value is -3.42. The minimum Gasteiger partial charge on any atom is -0.361 e. The molecule has 28 heavy (non-hydrogen) atoms. The van der Waals surface area contributed by atoms with Gasteiger partial charge in [-0.3, -0.25) is 13.9 Å². The number of imidazole rings is 1. The highest BCUT2D eigenvalue weighted by Gasteiger charge is 2.20. The minimum atomic E-state index is -0.400. The number of fused-ring (bicyclic) bond motifs is 1. The third kappa shape index (κ3) is 2.87. The van der Waals surface area contributed by atoms with Gasteiger partial charge in [0.25, 0.3) is 5.56 Å². The zero-order valence-corrected chi connectivity index (χ0v) is 16.0. The van der Waals surface area contributed by atoms with Gasteiger partial charge in [-0.2, -0.15) is 0 Å². The molecule has 0 fully saturated rings. The molecule has 8 heteroatoms. The molecule has 1 aromatic carbocycles. The zero-order valence-electron chi connectivity index (χ0n) is 16.0. The lowest BCUT2D eigenvalue weighted by molar-refractivity contribution is 0.391. The van der Waals surface area contributed by atoms with E-state index in [1.807, 2.05) is 37.3 Å². The van der Waals surface area contributed by atoms with Gasteiger partial charge in [0.2, 0.25) is 0 Å². The number of aryl methyl sites for hydroxylation is 3. The fourth-order valence-electron chi connectivity index (χ4n) is 3.41. The van der Waals surface area contributed by atoms with Crippen molar-refractivity contribution < 1.29 is 4.52 Å². The highest BCUT2D eigenvalue weighted by atomic mass is 16.5. The molecule has 0 amide bonds. The van der Waals surface area contributed by atoms with Crippen molar-refractivity contribution in [3.05, 3.63) is 80.1 Å². The smallest absolute Gasteiger partial charge is 0.333 e. The van der Waals surface area contributed by atoms with Gasteiger partial charge in [0.15, 0.2) is 11.2 Å². The maximum Gasteiger partial charge on any atom is 0.333 e. The van der Waals surface area contributed by atoms with Crippen molar-refractivity contribution >= 4 is 11.2 Å². The second-order valence-corrected chi connectivity index (χ2v) is 6.75. The van der Waals surface area contributed by atoms with Crippen LogP contribution in [0.5, 0.6) is 0 Å². The summed E-state index contributed by atoms with van der Waals surface area (Å²) in [5.74, 6) is 0.600. The normalized spacial score (nSPS) is 11.4. The summed E-state index contributed by atoms with van der Waals surface area (Å²) in [6.45, 7) is 6.54. The highest BCUT2D eigenvalue weighted by Crippen LogP contribution is 2.14. The Kier molecular flexibility index (Phi) is 4.46. The summed E-state index contributed by atoms with van der Waals surface area (Å²) in [4.78, 5) is 30.8. The summed E-state index contributed by atoms with van der Waals surface area (Å²) in [6, 6.07) is 9.65. The van der Waals surface area contributed by atoms with Crippen LogP contribution in [-0.4, -0.2) is 23.8 Å². The van der Waals surface area contributed by atoms with Gasteiger partial charge in [-0.1, -0.05) is 35.5 Å². The lowest BCUT2D eigenvalue weighted by Gasteiger charge is -2.12. The standard InChI is InChI=1S/C20H21N5O3/c1-4-23-12-21-18-17(23)19(26)25(11-16-13(2)22-28-14(16)3)20(27)24(18)10-15-8-6-5-7-9-15/h5-9,12H,4,10-11H2,1-3H3. The van der Waals surface area contributed by atoms with E-state index in [9.17, 15) is 9.59 Å². The number of benzene rings is 1. The average molecular weight is 379 g/mol. The lowest BCUT2D eigenvalue weighted by Crippen LogP contribution is -2.41. The lowest BCUT2D eigenvalue weighted by atomic mass is 10.2. The third-order valence-corrected chi connectivity index (χ3v) is 5.01. The van der Waals surface area contributed by atoms with Crippen molar-refractivity contribution in [1.29, 1.82) is 0 Å². The van der Waals surface area contributed by atoms with Crippen LogP contribution in [0.2, 0.25) is 0 Å². The molecule has 0 spiro atoms. The third-order valence-electron chi connectivity index (χ3n) is 5.01. The first-order valence-corrected chi connectivity index (χ1v) is 9.15. The predicted octanol–water partition coefficient (Wildman–Crippen LogP) is 2.08. The first-order valence-electron chi connectivity index (χ1n) is 9.15. The number of hydrogen-bond donors (Lipinski definition) is 0. The summed E-state index contributed by atoms with van der Waals surface area (Å²) in [7, 11) is 0. The van der Waals surface area contributed by atoms with E-state index in [1.54, 1.807) is 29.3 Å². The van der Waals surface area contributed by atoms with Crippen molar-refractivity contribution in [2.75, 3.05) is 0 Å². The maximum absolute atomic E-state index is 13.3. The molecular formula is C20H21N5O3. The second-order valence-electron chi connectivity index (χ2n) is 6.75. The fraction of sp³-hybridized carbons (Fsp3) is 0.300. The Morgan fingerprint density at radius 3 is 2.43 bits per heavy atom. The molecule has 4 aromatic rings. The van der Waals surface area contributed by atoms with Crippen LogP contribution in [-0.2, 0) is 19.6 Å². The van der Waals surface area contributed by atoms with Crippen molar-refractivity contribution in [3.63, 3.8) is 0 Å². The Morgan fingerprint density at radius 2 is 1.79 bits per heavy atom. The predicted molar refractivity (Wildman–Crippen MR) is 105 cm³/mol. The SMILES string of the molecule is CCn1cnc2c1c(=O)n(Cc1c(C)noc1C)c(=O)n2Cc1ccccc1. The molecule has 0 atom stereocenters. The van der Waals surface area contributed by atoms with Crippen LogP contribution in [0.1, 0.15) is 29.5 Å². The van der Waals surface area contributed by atoms with Gasteiger partial charge in [0.1, 0.15) is 5.76 Å². The molecule has 4 rings (SSSR count). The first-order chi connectivity index (χ1) is 13.5. The second kappa shape index (κ2) is 6.95. The molecule has 0 unspecified atom stereocenters. The van der Waals surface area contributed by atoms with Crippen LogP contribution >= 0.6 is 0 Å². The van der Waals surface area contributed by atoms with Crippen LogP contribution in [0.15, 0.2) is 50.8 Å². The maximum atomic E-state index is 13.3. The number of hydrogen-bond acceptors (Lipinski definition) is 5. The van der Waals surface area contributed by atoms with Gasteiger partial charge in [0.05, 0.1) is 25.1 Å². The number of aromatic nitrogens is 5.